The molecule has 0 aromatic heterocycles. The SMILES string of the molecule is CCNCC(C)C(=O)c1ccccc1Cl. The third kappa shape index (κ3) is 3.33. The molecule has 15 heavy (non-hydrogen) atoms. The highest BCUT2D eigenvalue weighted by atomic mass is 35.5. The Balaban J connectivity index is 2.72. The Hall–Kier alpha value is -0.860. The van der Waals surface area contributed by atoms with Crippen LogP contribution in [0.3, 0.4) is 0 Å². The molecule has 1 rings (SSSR count). The third-order valence-electron chi connectivity index (χ3n) is 2.29. The van der Waals surface area contributed by atoms with Gasteiger partial charge in [0.15, 0.2) is 5.78 Å². The summed E-state index contributed by atoms with van der Waals surface area (Å²) in [6, 6.07) is 7.18. The fourth-order valence-electron chi connectivity index (χ4n) is 1.38. The van der Waals surface area contributed by atoms with Crippen LogP contribution in [-0.4, -0.2) is 18.9 Å². The third-order valence-corrected chi connectivity index (χ3v) is 2.62. The first kappa shape index (κ1) is 12.2. The van der Waals surface area contributed by atoms with Crippen LogP contribution >= 0.6 is 11.6 Å². The van der Waals surface area contributed by atoms with Crippen LogP contribution in [0.5, 0.6) is 0 Å². The Morgan fingerprint density at radius 3 is 2.73 bits per heavy atom. The van der Waals surface area contributed by atoms with Crippen LogP contribution in [0.1, 0.15) is 24.2 Å². The van der Waals surface area contributed by atoms with Crippen molar-refractivity contribution in [3.05, 3.63) is 34.9 Å². The van der Waals surface area contributed by atoms with Gasteiger partial charge in [-0.15, -0.1) is 0 Å². The molecule has 1 N–H and O–H groups in total. The van der Waals surface area contributed by atoms with E-state index >= 15 is 0 Å². The van der Waals surface area contributed by atoms with Gasteiger partial charge in [0.05, 0.1) is 5.02 Å². The second-order valence-corrected chi connectivity index (χ2v) is 3.96. The maximum Gasteiger partial charge on any atom is 0.168 e. The van der Waals surface area contributed by atoms with Crippen LogP contribution in [0.25, 0.3) is 0 Å². The van der Waals surface area contributed by atoms with Crippen LogP contribution in [0, 0.1) is 5.92 Å². The summed E-state index contributed by atoms with van der Waals surface area (Å²) in [6.45, 7) is 5.50. The maximum atomic E-state index is 11.9. The molecule has 0 spiro atoms. The van der Waals surface area contributed by atoms with E-state index in [0.717, 1.165) is 6.54 Å². The summed E-state index contributed by atoms with van der Waals surface area (Å²) in [6.07, 6.45) is 0. The first-order valence-corrected chi connectivity index (χ1v) is 5.54. The van der Waals surface area contributed by atoms with E-state index in [-0.39, 0.29) is 11.7 Å². The number of Topliss-reactive ketones (excluding diaryl/α,β-unsaturated/α-hetero) is 1. The van der Waals surface area contributed by atoms with Crippen molar-refractivity contribution < 1.29 is 4.79 Å². The Labute approximate surface area is 95.6 Å². The van der Waals surface area contributed by atoms with Crippen LogP contribution < -0.4 is 5.32 Å². The van der Waals surface area contributed by atoms with Crippen molar-refractivity contribution in [1.29, 1.82) is 0 Å². The first-order chi connectivity index (χ1) is 7.16. The largest absolute Gasteiger partial charge is 0.316 e. The van der Waals surface area contributed by atoms with Gasteiger partial charge >= 0.3 is 0 Å². The van der Waals surface area contributed by atoms with E-state index < -0.39 is 0 Å². The molecular weight excluding hydrogens is 210 g/mol. The predicted molar refractivity (Wildman–Crippen MR) is 63.5 cm³/mol. The van der Waals surface area contributed by atoms with E-state index in [4.69, 9.17) is 11.6 Å². The molecule has 0 aliphatic rings. The van der Waals surface area contributed by atoms with Gasteiger partial charge in [-0.1, -0.05) is 37.6 Å². The Morgan fingerprint density at radius 1 is 1.47 bits per heavy atom. The molecule has 1 unspecified atom stereocenters. The van der Waals surface area contributed by atoms with E-state index in [1.807, 2.05) is 26.0 Å². The van der Waals surface area contributed by atoms with E-state index in [0.29, 0.717) is 17.1 Å². The number of carbonyl (C=O) groups is 1. The van der Waals surface area contributed by atoms with Gasteiger partial charge in [0.25, 0.3) is 0 Å². The van der Waals surface area contributed by atoms with Crippen LogP contribution in [0.4, 0.5) is 0 Å². The van der Waals surface area contributed by atoms with Gasteiger partial charge in [0.1, 0.15) is 0 Å². The summed E-state index contributed by atoms with van der Waals surface area (Å²) >= 11 is 5.96. The zero-order chi connectivity index (χ0) is 11.3. The van der Waals surface area contributed by atoms with Crippen molar-refractivity contribution in [2.75, 3.05) is 13.1 Å². The summed E-state index contributed by atoms with van der Waals surface area (Å²) in [5.74, 6) is 0.0615. The normalized spacial score (nSPS) is 12.5. The molecule has 1 aromatic rings. The highest BCUT2D eigenvalue weighted by Gasteiger charge is 2.16. The fourth-order valence-corrected chi connectivity index (χ4v) is 1.61. The Bertz CT molecular complexity index is 338. The number of hydrogen-bond donors (Lipinski definition) is 1. The zero-order valence-corrected chi connectivity index (χ0v) is 9.84. The molecule has 0 aliphatic heterocycles. The molecule has 82 valence electrons. The number of benzene rings is 1. The molecule has 0 fully saturated rings. The number of rotatable bonds is 5. The van der Waals surface area contributed by atoms with Gasteiger partial charge in [0.2, 0.25) is 0 Å². The highest BCUT2D eigenvalue weighted by molar-refractivity contribution is 6.34. The molecular formula is C12H16ClNO. The van der Waals surface area contributed by atoms with Gasteiger partial charge in [-0.2, -0.15) is 0 Å². The molecule has 0 bridgehead atoms. The minimum atomic E-state index is -0.0372. The van der Waals surface area contributed by atoms with Crippen molar-refractivity contribution in [1.82, 2.24) is 5.32 Å². The van der Waals surface area contributed by atoms with E-state index in [1.54, 1.807) is 12.1 Å². The summed E-state index contributed by atoms with van der Waals surface area (Å²) in [5.41, 5.74) is 0.615. The Kier molecular flexibility index (Phi) is 4.79. The summed E-state index contributed by atoms with van der Waals surface area (Å²) < 4.78 is 0. The van der Waals surface area contributed by atoms with Gasteiger partial charge < -0.3 is 5.32 Å². The molecule has 0 radical (unpaired) electrons. The molecule has 0 amide bonds. The summed E-state index contributed by atoms with van der Waals surface area (Å²) in [5, 5.41) is 3.69. The van der Waals surface area contributed by atoms with Crippen LogP contribution in [0.2, 0.25) is 5.02 Å². The number of hydrogen-bond acceptors (Lipinski definition) is 2. The number of nitrogens with one attached hydrogen (secondary N) is 1. The minimum absolute atomic E-state index is 0.0372. The van der Waals surface area contributed by atoms with Crippen molar-refractivity contribution in [2.24, 2.45) is 5.92 Å². The highest BCUT2D eigenvalue weighted by Crippen LogP contribution is 2.18. The smallest absolute Gasteiger partial charge is 0.168 e. The van der Waals surface area contributed by atoms with Crippen molar-refractivity contribution >= 4 is 17.4 Å². The average Bonchev–Trinajstić information content (AvgIpc) is 2.25. The molecule has 0 aliphatic carbocycles. The van der Waals surface area contributed by atoms with Gasteiger partial charge in [-0.3, -0.25) is 4.79 Å². The topological polar surface area (TPSA) is 29.1 Å². The summed E-state index contributed by atoms with van der Waals surface area (Å²) in [7, 11) is 0. The molecule has 1 atom stereocenters. The zero-order valence-electron chi connectivity index (χ0n) is 9.09. The van der Waals surface area contributed by atoms with Gasteiger partial charge in [-0.25, -0.2) is 0 Å². The van der Waals surface area contributed by atoms with Gasteiger partial charge in [-0.05, 0) is 18.7 Å². The number of ketones is 1. The van der Waals surface area contributed by atoms with Crippen LogP contribution in [-0.2, 0) is 0 Å². The number of halogens is 1. The fraction of sp³-hybridized carbons (Fsp3) is 0.417. The van der Waals surface area contributed by atoms with Crippen molar-refractivity contribution in [3.63, 3.8) is 0 Å². The second-order valence-electron chi connectivity index (χ2n) is 3.55. The van der Waals surface area contributed by atoms with E-state index in [1.165, 1.54) is 0 Å². The van der Waals surface area contributed by atoms with Crippen LogP contribution in [0.15, 0.2) is 24.3 Å². The molecule has 0 saturated heterocycles. The lowest BCUT2D eigenvalue weighted by molar-refractivity contribution is 0.0929. The molecule has 0 saturated carbocycles. The monoisotopic (exact) mass is 225 g/mol. The lowest BCUT2D eigenvalue weighted by Crippen LogP contribution is -2.26. The standard InChI is InChI=1S/C12H16ClNO/c1-3-14-8-9(2)12(15)10-6-4-5-7-11(10)13/h4-7,9,14H,3,8H2,1-2H3. The first-order valence-electron chi connectivity index (χ1n) is 5.16. The van der Waals surface area contributed by atoms with E-state index in [9.17, 15) is 4.79 Å². The maximum absolute atomic E-state index is 11.9. The van der Waals surface area contributed by atoms with Crippen molar-refractivity contribution in [2.45, 2.75) is 13.8 Å². The lowest BCUT2D eigenvalue weighted by atomic mass is 9.99. The Morgan fingerprint density at radius 2 is 2.13 bits per heavy atom. The quantitative estimate of drug-likeness (QED) is 0.781. The molecule has 1 aromatic carbocycles. The molecule has 3 heteroatoms. The number of carbonyl (C=O) groups excluding carboxylic acids is 1. The molecule has 0 heterocycles. The lowest BCUT2D eigenvalue weighted by Gasteiger charge is -2.11. The molecule has 2 nitrogen and oxygen atoms in total. The average molecular weight is 226 g/mol. The second kappa shape index (κ2) is 5.89. The van der Waals surface area contributed by atoms with Gasteiger partial charge in [0, 0.05) is 18.0 Å². The summed E-state index contributed by atoms with van der Waals surface area (Å²) in [4.78, 5) is 11.9. The van der Waals surface area contributed by atoms with E-state index in [2.05, 4.69) is 5.32 Å². The predicted octanol–water partition coefficient (Wildman–Crippen LogP) is 2.77. The minimum Gasteiger partial charge on any atom is -0.316 e. The van der Waals surface area contributed by atoms with Crippen molar-refractivity contribution in [3.8, 4) is 0 Å².